The van der Waals surface area contributed by atoms with Gasteiger partial charge in [-0.15, -0.1) is 0 Å². The quantitative estimate of drug-likeness (QED) is 0.805. The fourth-order valence-electron chi connectivity index (χ4n) is 2.95. The van der Waals surface area contributed by atoms with Crippen molar-refractivity contribution in [2.45, 2.75) is 18.8 Å². The number of ketones is 1. The minimum atomic E-state index is -0.0350. The van der Waals surface area contributed by atoms with Crippen LogP contribution in [-0.2, 0) is 11.2 Å². The molecule has 2 aromatic rings. The maximum Gasteiger partial charge on any atom is 0.138 e. The Bertz CT molecular complexity index is 710. The van der Waals surface area contributed by atoms with Crippen LogP contribution in [0.5, 0.6) is 5.75 Å². The first-order chi connectivity index (χ1) is 10.1. The number of hydrogen-bond acceptors (Lipinski definition) is 2. The van der Waals surface area contributed by atoms with Crippen molar-refractivity contribution < 1.29 is 9.53 Å². The van der Waals surface area contributed by atoms with Gasteiger partial charge in [0.2, 0.25) is 0 Å². The Morgan fingerprint density at radius 1 is 1.14 bits per heavy atom. The Balaban J connectivity index is 2.16. The van der Waals surface area contributed by atoms with Crippen LogP contribution in [0.1, 0.15) is 29.0 Å². The van der Waals surface area contributed by atoms with E-state index in [2.05, 4.69) is 0 Å². The van der Waals surface area contributed by atoms with Crippen molar-refractivity contribution in [3.63, 3.8) is 0 Å². The van der Waals surface area contributed by atoms with Crippen molar-refractivity contribution in [1.29, 1.82) is 0 Å². The largest absolute Gasteiger partial charge is 0.496 e. The number of carbonyl (C=O) groups is 1. The molecule has 0 aromatic heterocycles. The van der Waals surface area contributed by atoms with E-state index in [9.17, 15) is 4.79 Å². The van der Waals surface area contributed by atoms with Crippen LogP contribution in [0.3, 0.4) is 0 Å². The molecule has 0 amide bonds. The van der Waals surface area contributed by atoms with Gasteiger partial charge in [-0.3, -0.25) is 4.79 Å². The summed E-state index contributed by atoms with van der Waals surface area (Å²) in [6.07, 6.45) is 0.926. The molecule has 0 heterocycles. The summed E-state index contributed by atoms with van der Waals surface area (Å²) in [6, 6.07) is 11.4. The molecular weight excluding hydrogens is 307 g/mol. The number of carbonyl (C=O) groups excluding carboxylic acids is 1. The molecule has 0 spiro atoms. The fraction of sp³-hybridized carbons (Fsp3) is 0.235. The molecule has 3 rings (SSSR count). The van der Waals surface area contributed by atoms with Gasteiger partial charge in [0, 0.05) is 24.3 Å². The van der Waals surface area contributed by atoms with Crippen LogP contribution in [0.25, 0.3) is 0 Å². The van der Waals surface area contributed by atoms with Crippen molar-refractivity contribution in [3.8, 4) is 5.75 Å². The standard InChI is InChI=1S/C17H14Cl2O2/c1-21-16-4-2-3-11-7-12(20)9-13(17(11)16)10-5-6-14(18)15(19)8-10/h2-6,8,13H,7,9H2,1H3. The molecule has 0 fully saturated rings. The number of benzene rings is 2. The molecule has 0 aliphatic heterocycles. The van der Waals surface area contributed by atoms with Gasteiger partial charge in [-0.25, -0.2) is 0 Å². The predicted octanol–water partition coefficient (Wildman–Crippen LogP) is 4.65. The van der Waals surface area contributed by atoms with Gasteiger partial charge in [0.15, 0.2) is 0 Å². The molecule has 108 valence electrons. The highest BCUT2D eigenvalue weighted by Crippen LogP contribution is 2.41. The molecule has 0 bridgehead atoms. The third-order valence-corrected chi connectivity index (χ3v) is 4.63. The number of Topliss-reactive ketones (excluding diaryl/α,β-unsaturated/α-hetero) is 1. The lowest BCUT2D eigenvalue weighted by molar-refractivity contribution is -0.119. The summed E-state index contributed by atoms with van der Waals surface area (Å²) in [7, 11) is 1.65. The number of rotatable bonds is 2. The Labute approximate surface area is 133 Å². The smallest absolute Gasteiger partial charge is 0.138 e. The molecule has 0 N–H and O–H groups in total. The van der Waals surface area contributed by atoms with Crippen molar-refractivity contribution in [2.75, 3.05) is 7.11 Å². The summed E-state index contributed by atoms with van der Waals surface area (Å²) in [4.78, 5) is 12.1. The zero-order valence-electron chi connectivity index (χ0n) is 11.5. The van der Waals surface area contributed by atoms with Crippen LogP contribution in [0.15, 0.2) is 36.4 Å². The Hall–Kier alpha value is -1.51. The molecule has 1 atom stereocenters. The van der Waals surface area contributed by atoms with Gasteiger partial charge in [0.25, 0.3) is 0 Å². The van der Waals surface area contributed by atoms with Crippen LogP contribution in [0.4, 0.5) is 0 Å². The first-order valence-corrected chi connectivity index (χ1v) is 7.48. The molecule has 2 nitrogen and oxygen atoms in total. The SMILES string of the molecule is COc1cccc2c1C(c1ccc(Cl)c(Cl)c1)CC(=O)C2. The van der Waals surface area contributed by atoms with E-state index in [1.807, 2.05) is 30.3 Å². The van der Waals surface area contributed by atoms with Crippen molar-refractivity contribution in [1.82, 2.24) is 0 Å². The maximum atomic E-state index is 12.1. The van der Waals surface area contributed by atoms with Crippen LogP contribution in [0, 0.1) is 0 Å². The zero-order chi connectivity index (χ0) is 15.0. The van der Waals surface area contributed by atoms with Crippen LogP contribution < -0.4 is 4.74 Å². The minimum absolute atomic E-state index is 0.0350. The second-order valence-electron chi connectivity index (χ2n) is 5.18. The van der Waals surface area contributed by atoms with E-state index in [0.717, 1.165) is 22.4 Å². The topological polar surface area (TPSA) is 26.3 Å². The van der Waals surface area contributed by atoms with Crippen molar-refractivity contribution in [2.24, 2.45) is 0 Å². The van der Waals surface area contributed by atoms with Crippen LogP contribution in [-0.4, -0.2) is 12.9 Å². The molecule has 1 aliphatic rings. The van der Waals surface area contributed by atoms with Gasteiger partial charge in [0.1, 0.15) is 11.5 Å². The molecule has 0 saturated heterocycles. The summed E-state index contributed by atoms with van der Waals surface area (Å²) in [5, 5.41) is 1.02. The minimum Gasteiger partial charge on any atom is -0.496 e. The lowest BCUT2D eigenvalue weighted by atomic mass is 9.78. The lowest BCUT2D eigenvalue weighted by Gasteiger charge is -2.27. The monoisotopic (exact) mass is 320 g/mol. The number of halogens is 2. The van der Waals surface area contributed by atoms with E-state index in [-0.39, 0.29) is 11.7 Å². The number of fused-ring (bicyclic) bond motifs is 1. The Kier molecular flexibility index (Phi) is 3.92. The van der Waals surface area contributed by atoms with Gasteiger partial charge in [-0.05, 0) is 29.3 Å². The average Bonchev–Trinajstić information content (AvgIpc) is 2.48. The molecule has 2 aromatic carbocycles. The van der Waals surface area contributed by atoms with Crippen LogP contribution in [0.2, 0.25) is 10.0 Å². The predicted molar refractivity (Wildman–Crippen MR) is 84.6 cm³/mol. The van der Waals surface area contributed by atoms with E-state index < -0.39 is 0 Å². The molecule has 1 aliphatic carbocycles. The summed E-state index contributed by atoms with van der Waals surface area (Å²) in [5.74, 6) is 1.01. The molecule has 21 heavy (non-hydrogen) atoms. The van der Waals surface area contributed by atoms with Crippen LogP contribution >= 0.6 is 23.2 Å². The molecule has 0 radical (unpaired) electrons. The molecule has 1 unspecified atom stereocenters. The molecule has 0 saturated carbocycles. The number of ether oxygens (including phenoxy) is 1. The van der Waals surface area contributed by atoms with E-state index in [4.69, 9.17) is 27.9 Å². The van der Waals surface area contributed by atoms with E-state index in [1.54, 1.807) is 13.2 Å². The lowest BCUT2D eigenvalue weighted by Crippen LogP contribution is -2.20. The second kappa shape index (κ2) is 5.70. The van der Waals surface area contributed by atoms with Gasteiger partial charge in [0.05, 0.1) is 17.2 Å². The third-order valence-electron chi connectivity index (χ3n) is 3.89. The highest BCUT2D eigenvalue weighted by Gasteiger charge is 2.29. The molecule has 4 heteroatoms. The van der Waals surface area contributed by atoms with E-state index >= 15 is 0 Å². The van der Waals surface area contributed by atoms with Gasteiger partial charge in [-0.2, -0.15) is 0 Å². The van der Waals surface area contributed by atoms with Gasteiger partial charge < -0.3 is 4.74 Å². The van der Waals surface area contributed by atoms with Crippen molar-refractivity contribution in [3.05, 3.63) is 63.1 Å². The average molecular weight is 321 g/mol. The zero-order valence-corrected chi connectivity index (χ0v) is 13.0. The number of hydrogen-bond donors (Lipinski definition) is 0. The highest BCUT2D eigenvalue weighted by atomic mass is 35.5. The van der Waals surface area contributed by atoms with Gasteiger partial charge >= 0.3 is 0 Å². The van der Waals surface area contributed by atoms with E-state index in [0.29, 0.717) is 22.9 Å². The van der Waals surface area contributed by atoms with Crippen molar-refractivity contribution >= 4 is 29.0 Å². The first-order valence-electron chi connectivity index (χ1n) is 6.72. The Morgan fingerprint density at radius 2 is 1.95 bits per heavy atom. The maximum absolute atomic E-state index is 12.1. The Morgan fingerprint density at radius 3 is 2.67 bits per heavy atom. The summed E-state index contributed by atoms with van der Waals surface area (Å²) in [5.41, 5.74) is 3.10. The van der Waals surface area contributed by atoms with Gasteiger partial charge in [-0.1, -0.05) is 41.4 Å². The number of methoxy groups -OCH3 is 1. The third kappa shape index (κ3) is 2.66. The second-order valence-corrected chi connectivity index (χ2v) is 5.99. The highest BCUT2D eigenvalue weighted by molar-refractivity contribution is 6.42. The van der Waals surface area contributed by atoms with E-state index in [1.165, 1.54) is 0 Å². The fourth-order valence-corrected chi connectivity index (χ4v) is 3.25. The summed E-state index contributed by atoms with van der Waals surface area (Å²) >= 11 is 12.1. The summed E-state index contributed by atoms with van der Waals surface area (Å²) < 4.78 is 5.48. The normalized spacial score (nSPS) is 17.5. The summed E-state index contributed by atoms with van der Waals surface area (Å²) in [6.45, 7) is 0. The first kappa shape index (κ1) is 14.4. The molecular formula is C17H14Cl2O2.